The van der Waals surface area contributed by atoms with Crippen LogP contribution >= 0.6 is 0 Å². The molecule has 0 unspecified atom stereocenters. The lowest BCUT2D eigenvalue weighted by molar-refractivity contribution is -0.154. The Bertz CT molecular complexity index is 858. The average molecular weight is 379 g/mol. The van der Waals surface area contributed by atoms with E-state index < -0.39 is 6.09 Å². The summed E-state index contributed by atoms with van der Waals surface area (Å²) < 4.78 is 0. The Morgan fingerprint density at radius 2 is 1.86 bits per heavy atom. The summed E-state index contributed by atoms with van der Waals surface area (Å²) in [6.45, 7) is 3.31. The normalized spacial score (nSPS) is 18.4. The van der Waals surface area contributed by atoms with Gasteiger partial charge in [-0.25, -0.2) is 4.79 Å². The Hall–Kier alpha value is -2.86. The number of rotatable bonds is 4. The Balaban J connectivity index is 1.28. The molecule has 146 valence electrons. The number of carbonyl (C=O) groups is 1. The highest BCUT2D eigenvalue weighted by atomic mass is 16.7. The fourth-order valence-corrected chi connectivity index (χ4v) is 3.76. The van der Waals surface area contributed by atoms with Crippen LogP contribution in [0.5, 0.6) is 0 Å². The number of oxime groups is 1. The van der Waals surface area contributed by atoms with Crippen molar-refractivity contribution in [3.63, 3.8) is 0 Å². The van der Waals surface area contributed by atoms with Crippen molar-refractivity contribution in [2.75, 3.05) is 18.4 Å². The van der Waals surface area contributed by atoms with E-state index in [9.17, 15) is 4.79 Å². The minimum atomic E-state index is -0.453. The summed E-state index contributed by atoms with van der Waals surface area (Å²) in [5, 5.41) is 8.87. The highest BCUT2D eigenvalue weighted by molar-refractivity contribution is 6.01. The molecule has 1 N–H and O–H groups in total. The van der Waals surface area contributed by atoms with E-state index in [1.165, 1.54) is 0 Å². The van der Waals surface area contributed by atoms with Crippen molar-refractivity contribution in [2.24, 2.45) is 5.16 Å². The predicted octanol–water partition coefficient (Wildman–Crippen LogP) is 4.37. The van der Waals surface area contributed by atoms with Gasteiger partial charge < -0.3 is 9.68 Å². The standard InChI is InChI=1S/C22H25N3O3/c1-2-17-8-6-7-11-19(17)23-21(26)27-25-14-12-22(13-15-25)16-20(24-28-22)18-9-4-3-5-10-18/h3-11H,2,12-16H2,1H3,(H,23,26). The van der Waals surface area contributed by atoms with Crippen molar-refractivity contribution >= 4 is 17.5 Å². The second-order valence-corrected chi connectivity index (χ2v) is 7.30. The number of hydrogen-bond donors (Lipinski definition) is 1. The van der Waals surface area contributed by atoms with Gasteiger partial charge in [-0.2, -0.15) is 0 Å². The highest BCUT2D eigenvalue weighted by Gasteiger charge is 2.43. The van der Waals surface area contributed by atoms with Gasteiger partial charge in [-0.3, -0.25) is 5.32 Å². The molecule has 0 atom stereocenters. The van der Waals surface area contributed by atoms with Gasteiger partial charge >= 0.3 is 6.09 Å². The number of hydrogen-bond acceptors (Lipinski definition) is 5. The molecule has 0 aromatic heterocycles. The van der Waals surface area contributed by atoms with Crippen LogP contribution in [0, 0.1) is 0 Å². The largest absolute Gasteiger partial charge is 0.430 e. The number of hydroxylamine groups is 2. The second kappa shape index (κ2) is 8.02. The third kappa shape index (κ3) is 4.02. The number of para-hydroxylation sites is 1. The zero-order valence-corrected chi connectivity index (χ0v) is 16.1. The third-order valence-electron chi connectivity index (χ3n) is 5.43. The maximum Gasteiger partial charge on any atom is 0.430 e. The Labute approximate surface area is 165 Å². The number of anilines is 1. The van der Waals surface area contributed by atoms with Crippen LogP contribution in [-0.2, 0) is 16.1 Å². The Morgan fingerprint density at radius 1 is 1.14 bits per heavy atom. The van der Waals surface area contributed by atoms with Crippen LogP contribution < -0.4 is 5.32 Å². The van der Waals surface area contributed by atoms with Gasteiger partial charge in [0.05, 0.1) is 5.71 Å². The first-order chi connectivity index (χ1) is 13.7. The molecule has 6 nitrogen and oxygen atoms in total. The van der Waals surface area contributed by atoms with Crippen LogP contribution in [0.1, 0.15) is 37.3 Å². The third-order valence-corrected chi connectivity index (χ3v) is 5.43. The molecular formula is C22H25N3O3. The molecule has 28 heavy (non-hydrogen) atoms. The lowest BCUT2D eigenvalue weighted by Crippen LogP contribution is -2.45. The van der Waals surface area contributed by atoms with E-state index in [0.29, 0.717) is 13.1 Å². The number of aryl methyl sites for hydroxylation is 1. The molecule has 1 amide bonds. The molecule has 2 aliphatic rings. The van der Waals surface area contributed by atoms with Gasteiger partial charge in [-0.05, 0) is 23.6 Å². The minimum absolute atomic E-state index is 0.281. The van der Waals surface area contributed by atoms with Crippen LogP contribution in [0.4, 0.5) is 10.5 Å². The van der Waals surface area contributed by atoms with E-state index >= 15 is 0 Å². The van der Waals surface area contributed by atoms with Crippen molar-refractivity contribution in [1.82, 2.24) is 5.06 Å². The Kier molecular flexibility index (Phi) is 5.30. The monoisotopic (exact) mass is 379 g/mol. The molecule has 2 aliphatic heterocycles. The van der Waals surface area contributed by atoms with E-state index in [0.717, 1.165) is 48.2 Å². The van der Waals surface area contributed by atoms with Crippen molar-refractivity contribution in [3.05, 3.63) is 65.7 Å². The summed E-state index contributed by atoms with van der Waals surface area (Å²) in [5.74, 6) is 0. The first-order valence-electron chi connectivity index (χ1n) is 9.80. The molecule has 1 fully saturated rings. The topological polar surface area (TPSA) is 63.2 Å². The van der Waals surface area contributed by atoms with E-state index in [1.54, 1.807) is 5.06 Å². The number of piperidine rings is 1. The molecule has 2 aromatic rings. The molecule has 1 saturated heterocycles. The molecular weight excluding hydrogens is 354 g/mol. The molecule has 2 heterocycles. The van der Waals surface area contributed by atoms with Gasteiger partial charge in [0.2, 0.25) is 0 Å². The first kappa shape index (κ1) is 18.5. The van der Waals surface area contributed by atoms with Gasteiger partial charge in [0, 0.05) is 38.0 Å². The Morgan fingerprint density at radius 3 is 2.61 bits per heavy atom. The van der Waals surface area contributed by atoms with Crippen LogP contribution in [0.2, 0.25) is 0 Å². The molecule has 4 rings (SSSR count). The van der Waals surface area contributed by atoms with Crippen molar-refractivity contribution < 1.29 is 14.5 Å². The molecule has 0 saturated carbocycles. The summed E-state index contributed by atoms with van der Waals surface area (Å²) >= 11 is 0. The highest BCUT2D eigenvalue weighted by Crippen LogP contribution is 2.36. The van der Waals surface area contributed by atoms with Crippen LogP contribution in [0.25, 0.3) is 0 Å². The number of amides is 1. The van der Waals surface area contributed by atoms with Crippen LogP contribution in [-0.4, -0.2) is 35.6 Å². The quantitative estimate of drug-likeness (QED) is 0.857. The van der Waals surface area contributed by atoms with Gasteiger partial charge in [0.15, 0.2) is 0 Å². The second-order valence-electron chi connectivity index (χ2n) is 7.30. The molecule has 0 radical (unpaired) electrons. The summed E-state index contributed by atoms with van der Waals surface area (Å²) in [5.41, 5.74) is 3.69. The number of benzene rings is 2. The zero-order chi connectivity index (χ0) is 19.4. The predicted molar refractivity (Wildman–Crippen MR) is 108 cm³/mol. The maximum absolute atomic E-state index is 12.3. The summed E-state index contributed by atoms with van der Waals surface area (Å²) in [6.07, 6.45) is 2.73. The lowest BCUT2D eigenvalue weighted by Gasteiger charge is -2.35. The molecule has 0 bridgehead atoms. The number of nitrogens with zero attached hydrogens (tertiary/aromatic N) is 2. The number of carbonyl (C=O) groups excluding carboxylic acids is 1. The van der Waals surface area contributed by atoms with Crippen molar-refractivity contribution in [2.45, 2.75) is 38.2 Å². The zero-order valence-electron chi connectivity index (χ0n) is 16.1. The molecule has 1 spiro atoms. The van der Waals surface area contributed by atoms with Gasteiger partial charge in [0.25, 0.3) is 0 Å². The minimum Gasteiger partial charge on any atom is -0.388 e. The molecule has 6 heteroatoms. The van der Waals surface area contributed by atoms with Gasteiger partial charge in [-0.1, -0.05) is 60.6 Å². The van der Waals surface area contributed by atoms with Gasteiger partial charge in [-0.15, -0.1) is 5.06 Å². The lowest BCUT2D eigenvalue weighted by atomic mass is 9.86. The summed E-state index contributed by atoms with van der Waals surface area (Å²) in [6, 6.07) is 17.9. The number of nitrogens with one attached hydrogen (secondary N) is 1. The van der Waals surface area contributed by atoms with Crippen LogP contribution in [0.15, 0.2) is 59.8 Å². The summed E-state index contributed by atoms with van der Waals surface area (Å²) in [4.78, 5) is 23.6. The maximum atomic E-state index is 12.3. The molecule has 0 aliphatic carbocycles. The fraction of sp³-hybridized carbons (Fsp3) is 0.364. The van der Waals surface area contributed by atoms with Crippen molar-refractivity contribution in [1.29, 1.82) is 0 Å². The SMILES string of the molecule is CCc1ccccc1NC(=O)ON1CCC2(CC1)CC(c1ccccc1)=NO2. The van der Waals surface area contributed by atoms with E-state index in [4.69, 9.17) is 9.68 Å². The smallest absolute Gasteiger partial charge is 0.388 e. The van der Waals surface area contributed by atoms with E-state index in [2.05, 4.69) is 29.5 Å². The van der Waals surface area contributed by atoms with E-state index in [-0.39, 0.29) is 5.60 Å². The van der Waals surface area contributed by atoms with E-state index in [1.807, 2.05) is 42.5 Å². The van der Waals surface area contributed by atoms with Gasteiger partial charge in [0.1, 0.15) is 5.60 Å². The first-order valence-corrected chi connectivity index (χ1v) is 9.80. The van der Waals surface area contributed by atoms with Crippen LogP contribution in [0.3, 0.4) is 0 Å². The molecule has 2 aromatic carbocycles. The average Bonchev–Trinajstić information content (AvgIpc) is 3.15. The fourth-order valence-electron chi connectivity index (χ4n) is 3.76. The summed E-state index contributed by atoms with van der Waals surface area (Å²) in [7, 11) is 0. The van der Waals surface area contributed by atoms with Crippen molar-refractivity contribution in [3.8, 4) is 0 Å².